The van der Waals surface area contributed by atoms with Gasteiger partial charge in [-0.25, -0.2) is 9.97 Å². The summed E-state index contributed by atoms with van der Waals surface area (Å²) in [5, 5.41) is 8.06. The maximum Gasteiger partial charge on any atom is 0.254 e. The monoisotopic (exact) mass is 438 g/mol. The second-order valence-electron chi connectivity index (χ2n) is 8.24. The Morgan fingerprint density at radius 3 is 2.74 bits per heavy atom. The fourth-order valence-electron chi connectivity index (χ4n) is 4.21. The normalized spacial score (nSPS) is 18.8. The minimum Gasteiger partial charge on any atom is -0.352 e. The summed E-state index contributed by atoms with van der Waals surface area (Å²) in [5.41, 5.74) is 3.63. The lowest BCUT2D eigenvalue weighted by Gasteiger charge is -2.40. The van der Waals surface area contributed by atoms with Gasteiger partial charge in [0.25, 0.3) is 5.91 Å². The molecule has 3 aromatic rings. The molecule has 0 bridgehead atoms. The van der Waals surface area contributed by atoms with E-state index in [9.17, 15) is 4.79 Å². The predicted octanol–water partition coefficient (Wildman–Crippen LogP) is 4.19. The summed E-state index contributed by atoms with van der Waals surface area (Å²) in [6, 6.07) is 6.08. The zero-order valence-electron chi connectivity index (χ0n) is 18.0. The molecule has 1 N–H and O–H groups in total. The smallest absolute Gasteiger partial charge is 0.254 e. The molecule has 1 amide bonds. The third-order valence-corrected chi connectivity index (χ3v) is 6.08. The average Bonchev–Trinajstić information content (AvgIpc) is 3.19. The summed E-state index contributed by atoms with van der Waals surface area (Å²) >= 11 is 5.88. The van der Waals surface area contributed by atoms with Crippen LogP contribution in [-0.4, -0.2) is 49.7 Å². The van der Waals surface area contributed by atoms with E-state index in [1.54, 1.807) is 23.3 Å². The van der Waals surface area contributed by atoms with Crippen LogP contribution in [0.2, 0.25) is 5.02 Å². The van der Waals surface area contributed by atoms with Gasteiger partial charge in [-0.2, -0.15) is 5.10 Å². The number of aryl methyl sites for hydroxylation is 2. The van der Waals surface area contributed by atoms with Gasteiger partial charge in [-0.15, -0.1) is 0 Å². The Kier molecular flexibility index (Phi) is 6.23. The Hall–Kier alpha value is -2.93. The lowest BCUT2D eigenvalue weighted by Crippen LogP contribution is -2.51. The van der Waals surface area contributed by atoms with Crippen LogP contribution < -0.4 is 5.32 Å². The number of carbonyl (C=O) groups excluding carboxylic acids is 1. The number of piperidine rings is 1. The molecule has 162 valence electrons. The molecule has 1 aromatic carbocycles. The van der Waals surface area contributed by atoms with Crippen molar-refractivity contribution in [3.63, 3.8) is 0 Å². The van der Waals surface area contributed by atoms with Gasteiger partial charge in [-0.3, -0.25) is 9.48 Å². The predicted molar refractivity (Wildman–Crippen MR) is 122 cm³/mol. The van der Waals surface area contributed by atoms with Gasteiger partial charge in [0.1, 0.15) is 0 Å². The first kappa shape index (κ1) is 21.3. The maximum atomic E-state index is 13.8. The van der Waals surface area contributed by atoms with Crippen molar-refractivity contribution in [1.29, 1.82) is 0 Å². The first-order chi connectivity index (χ1) is 14.9. The molecule has 1 fully saturated rings. The van der Waals surface area contributed by atoms with Crippen molar-refractivity contribution in [2.24, 2.45) is 13.0 Å². The van der Waals surface area contributed by atoms with Gasteiger partial charge in [-0.05, 0) is 37.3 Å². The molecule has 1 saturated heterocycles. The fraction of sp³-hybridized carbons (Fsp3) is 0.391. The molecule has 2 aromatic heterocycles. The Morgan fingerprint density at radius 2 is 2.03 bits per heavy atom. The SMILES string of the molecule is Cc1ccc(-c2cnn(C)c2)c(C(=O)N2CCCC(C)C2CNc2ncc(Cl)cn2)c1. The molecule has 3 heterocycles. The number of halogens is 1. The number of likely N-dealkylation sites (tertiary alicyclic amines) is 1. The number of nitrogens with zero attached hydrogens (tertiary/aromatic N) is 5. The summed E-state index contributed by atoms with van der Waals surface area (Å²) in [5.74, 6) is 0.934. The van der Waals surface area contributed by atoms with E-state index in [1.807, 2.05) is 43.3 Å². The molecule has 1 aliphatic heterocycles. The Labute approximate surface area is 187 Å². The molecule has 4 rings (SSSR count). The Morgan fingerprint density at radius 1 is 1.26 bits per heavy atom. The largest absolute Gasteiger partial charge is 0.352 e. The van der Waals surface area contributed by atoms with Crippen LogP contribution in [0.5, 0.6) is 0 Å². The van der Waals surface area contributed by atoms with Crippen molar-refractivity contribution < 1.29 is 4.79 Å². The van der Waals surface area contributed by atoms with Gasteiger partial charge in [0, 0.05) is 37.5 Å². The Balaban J connectivity index is 1.61. The molecule has 2 unspecified atom stereocenters. The molecule has 31 heavy (non-hydrogen) atoms. The highest BCUT2D eigenvalue weighted by Gasteiger charge is 2.33. The number of aromatic nitrogens is 4. The van der Waals surface area contributed by atoms with E-state index in [2.05, 4.69) is 27.3 Å². The minimum absolute atomic E-state index is 0.0442. The van der Waals surface area contributed by atoms with E-state index in [1.165, 1.54) is 0 Å². The topological polar surface area (TPSA) is 75.9 Å². The lowest BCUT2D eigenvalue weighted by molar-refractivity contribution is 0.0540. The number of rotatable bonds is 5. The maximum absolute atomic E-state index is 13.8. The summed E-state index contributed by atoms with van der Waals surface area (Å²) in [4.78, 5) is 24.2. The van der Waals surface area contributed by atoms with Crippen molar-refractivity contribution in [3.8, 4) is 11.1 Å². The van der Waals surface area contributed by atoms with E-state index in [4.69, 9.17) is 11.6 Å². The van der Waals surface area contributed by atoms with Crippen molar-refractivity contribution in [1.82, 2.24) is 24.6 Å². The van der Waals surface area contributed by atoms with Gasteiger partial charge >= 0.3 is 0 Å². The molecule has 0 saturated carbocycles. The van der Waals surface area contributed by atoms with Gasteiger partial charge in [0.2, 0.25) is 5.95 Å². The van der Waals surface area contributed by atoms with E-state index >= 15 is 0 Å². The van der Waals surface area contributed by atoms with Crippen LogP contribution >= 0.6 is 11.6 Å². The molecular weight excluding hydrogens is 412 g/mol. The number of carbonyl (C=O) groups is 1. The highest BCUT2D eigenvalue weighted by atomic mass is 35.5. The number of anilines is 1. The number of benzene rings is 1. The van der Waals surface area contributed by atoms with E-state index in [-0.39, 0.29) is 11.9 Å². The molecule has 0 aliphatic carbocycles. The number of amides is 1. The van der Waals surface area contributed by atoms with Crippen molar-refractivity contribution >= 4 is 23.5 Å². The molecule has 2 atom stereocenters. The molecule has 1 aliphatic rings. The molecule has 8 heteroatoms. The van der Waals surface area contributed by atoms with Gasteiger partial charge < -0.3 is 10.2 Å². The van der Waals surface area contributed by atoms with Crippen LogP contribution in [0.4, 0.5) is 5.95 Å². The summed E-state index contributed by atoms with van der Waals surface area (Å²) < 4.78 is 1.76. The van der Waals surface area contributed by atoms with E-state index in [0.717, 1.165) is 41.6 Å². The van der Waals surface area contributed by atoms with Crippen molar-refractivity contribution in [2.75, 3.05) is 18.4 Å². The number of hydrogen-bond acceptors (Lipinski definition) is 5. The number of hydrogen-bond donors (Lipinski definition) is 1. The molecular formula is C23H27ClN6O. The number of nitrogens with one attached hydrogen (secondary N) is 1. The zero-order valence-corrected chi connectivity index (χ0v) is 18.8. The summed E-state index contributed by atoms with van der Waals surface area (Å²) in [6.07, 6.45) is 8.96. The van der Waals surface area contributed by atoms with Crippen molar-refractivity contribution in [2.45, 2.75) is 32.7 Å². The van der Waals surface area contributed by atoms with Gasteiger partial charge in [0.15, 0.2) is 0 Å². The highest BCUT2D eigenvalue weighted by molar-refractivity contribution is 6.30. The quantitative estimate of drug-likeness (QED) is 0.646. The third-order valence-electron chi connectivity index (χ3n) is 5.89. The van der Waals surface area contributed by atoms with Crippen LogP contribution in [0, 0.1) is 12.8 Å². The minimum atomic E-state index is 0.0442. The first-order valence-corrected chi connectivity index (χ1v) is 10.9. The van der Waals surface area contributed by atoms with Crippen LogP contribution in [0.3, 0.4) is 0 Å². The van der Waals surface area contributed by atoms with E-state index < -0.39 is 0 Å². The standard InChI is InChI=1S/C23H27ClN6O/c1-15-6-7-19(17-10-28-29(3)14-17)20(9-15)22(31)30-8-4-5-16(2)21(30)13-27-23-25-11-18(24)12-26-23/h6-7,9-12,14,16,21H,4-5,8,13H2,1-3H3,(H,25,26,27). The molecule has 7 nitrogen and oxygen atoms in total. The van der Waals surface area contributed by atoms with Crippen LogP contribution in [0.25, 0.3) is 11.1 Å². The molecule has 0 spiro atoms. The lowest BCUT2D eigenvalue weighted by atomic mass is 9.89. The van der Waals surface area contributed by atoms with E-state index in [0.29, 0.717) is 23.4 Å². The first-order valence-electron chi connectivity index (χ1n) is 10.5. The van der Waals surface area contributed by atoms with Crippen LogP contribution in [-0.2, 0) is 7.05 Å². The molecule has 0 radical (unpaired) electrons. The Bertz CT molecular complexity index is 1060. The van der Waals surface area contributed by atoms with Crippen LogP contribution in [0.15, 0.2) is 43.0 Å². The highest BCUT2D eigenvalue weighted by Crippen LogP contribution is 2.30. The average molecular weight is 439 g/mol. The van der Waals surface area contributed by atoms with Crippen LogP contribution in [0.1, 0.15) is 35.7 Å². The zero-order chi connectivity index (χ0) is 22.0. The summed E-state index contributed by atoms with van der Waals surface area (Å²) in [7, 11) is 1.88. The second-order valence-corrected chi connectivity index (χ2v) is 8.68. The summed E-state index contributed by atoms with van der Waals surface area (Å²) in [6.45, 7) is 5.53. The second kappa shape index (κ2) is 9.06. The fourth-order valence-corrected chi connectivity index (χ4v) is 4.31. The van der Waals surface area contributed by atoms with Crippen molar-refractivity contribution in [3.05, 3.63) is 59.1 Å². The van der Waals surface area contributed by atoms with Gasteiger partial charge in [-0.1, -0.05) is 36.2 Å². The van der Waals surface area contributed by atoms with Gasteiger partial charge in [0.05, 0.1) is 29.7 Å². The third kappa shape index (κ3) is 4.71.